The lowest BCUT2D eigenvalue weighted by Crippen LogP contribution is -2.26. The second kappa shape index (κ2) is 5.96. The maximum atomic E-state index is 11.4. The van der Waals surface area contributed by atoms with Crippen molar-refractivity contribution in [2.24, 2.45) is 5.14 Å². The highest BCUT2D eigenvalue weighted by Gasteiger charge is 2.25. The van der Waals surface area contributed by atoms with Crippen LogP contribution in [0.25, 0.3) is 0 Å². The summed E-state index contributed by atoms with van der Waals surface area (Å²) in [5.74, 6) is 0.0526. The monoisotopic (exact) mass is 316 g/mol. The number of nitro benzene ring substituents is 1. The van der Waals surface area contributed by atoms with Gasteiger partial charge in [-0.15, -0.1) is 0 Å². The third kappa shape index (κ3) is 3.69. The van der Waals surface area contributed by atoms with Crippen molar-refractivity contribution in [1.82, 2.24) is 0 Å². The van der Waals surface area contributed by atoms with E-state index in [2.05, 4.69) is 0 Å². The average molecular weight is 316 g/mol. The van der Waals surface area contributed by atoms with Crippen molar-refractivity contribution in [3.05, 3.63) is 27.8 Å². The zero-order valence-corrected chi connectivity index (χ0v) is 12.3. The molecule has 0 bridgehead atoms. The summed E-state index contributed by atoms with van der Waals surface area (Å²) in [4.78, 5) is 10.2. The lowest BCUT2D eigenvalue weighted by Gasteiger charge is -2.23. The largest absolute Gasteiger partial charge is 0.483 e. The van der Waals surface area contributed by atoms with Gasteiger partial charge in [-0.05, 0) is 18.6 Å². The number of sulfonamides is 1. The van der Waals surface area contributed by atoms with Gasteiger partial charge in [0.1, 0.15) is 6.10 Å². The molecule has 8 nitrogen and oxygen atoms in total. The number of ether oxygens (including phenoxy) is 2. The smallest absolute Gasteiger partial charge is 0.312 e. The van der Waals surface area contributed by atoms with Crippen molar-refractivity contribution < 1.29 is 22.8 Å². The third-order valence-corrected chi connectivity index (χ3v) is 4.27. The summed E-state index contributed by atoms with van der Waals surface area (Å²) in [7, 11) is -4.02. The number of aryl methyl sites for hydroxylation is 1. The van der Waals surface area contributed by atoms with Crippen molar-refractivity contribution in [3.8, 4) is 5.75 Å². The summed E-state index contributed by atoms with van der Waals surface area (Å²) in [5, 5.41) is 16.2. The molecule has 2 N–H and O–H groups in total. The number of rotatable bonds is 4. The van der Waals surface area contributed by atoms with E-state index in [1.54, 1.807) is 0 Å². The molecule has 21 heavy (non-hydrogen) atoms. The van der Waals surface area contributed by atoms with E-state index >= 15 is 0 Å². The van der Waals surface area contributed by atoms with Crippen LogP contribution in [-0.4, -0.2) is 32.7 Å². The molecule has 0 radical (unpaired) electrons. The van der Waals surface area contributed by atoms with Crippen LogP contribution >= 0.6 is 0 Å². The van der Waals surface area contributed by atoms with Gasteiger partial charge in [0.15, 0.2) is 5.75 Å². The predicted octanol–water partition coefficient (Wildman–Crippen LogP) is 1.11. The Hall–Kier alpha value is -1.71. The fraction of sp³-hybridized carbons (Fsp3) is 0.500. The standard InChI is InChI=1S/C12H16N2O6S/c1-8-6-11(20-9-2-4-19-5-3-9)10(14(15)16)7-12(8)21(13,17)18/h6-7,9H,2-5H2,1H3,(H2,13,17,18). The Kier molecular flexibility index (Phi) is 4.45. The minimum absolute atomic E-state index is 0.0526. The van der Waals surface area contributed by atoms with Gasteiger partial charge >= 0.3 is 5.69 Å². The molecule has 1 aliphatic heterocycles. The van der Waals surface area contributed by atoms with Crippen LogP contribution < -0.4 is 9.88 Å². The second-order valence-electron chi connectivity index (χ2n) is 4.82. The van der Waals surface area contributed by atoms with Gasteiger partial charge in [-0.2, -0.15) is 0 Å². The highest BCUT2D eigenvalue weighted by Crippen LogP contribution is 2.33. The zero-order valence-electron chi connectivity index (χ0n) is 11.4. The number of primary sulfonamides is 1. The molecule has 0 aliphatic carbocycles. The van der Waals surface area contributed by atoms with Crippen LogP contribution in [0.1, 0.15) is 18.4 Å². The SMILES string of the molecule is Cc1cc(OC2CCOCC2)c([N+](=O)[O-])cc1S(N)(=O)=O. The summed E-state index contributed by atoms with van der Waals surface area (Å²) in [6.45, 7) is 2.58. The fourth-order valence-electron chi connectivity index (χ4n) is 2.17. The lowest BCUT2D eigenvalue weighted by atomic mass is 10.1. The van der Waals surface area contributed by atoms with Gasteiger partial charge in [-0.3, -0.25) is 10.1 Å². The first-order valence-electron chi connectivity index (χ1n) is 6.35. The summed E-state index contributed by atoms with van der Waals surface area (Å²) in [5.41, 5.74) is -0.0960. The van der Waals surface area contributed by atoms with Gasteiger partial charge in [0.2, 0.25) is 10.0 Å². The van der Waals surface area contributed by atoms with E-state index in [4.69, 9.17) is 14.6 Å². The highest BCUT2D eigenvalue weighted by molar-refractivity contribution is 7.89. The molecular formula is C12H16N2O6S. The van der Waals surface area contributed by atoms with Crippen LogP contribution in [0.15, 0.2) is 17.0 Å². The van der Waals surface area contributed by atoms with Gasteiger partial charge in [0.25, 0.3) is 0 Å². The van der Waals surface area contributed by atoms with Crippen LogP contribution in [0.4, 0.5) is 5.69 Å². The molecule has 1 fully saturated rings. The number of hydrogen-bond donors (Lipinski definition) is 1. The fourth-order valence-corrected chi connectivity index (χ4v) is 2.95. The van der Waals surface area contributed by atoms with Crippen molar-refractivity contribution in [2.45, 2.75) is 30.8 Å². The average Bonchev–Trinajstić information content (AvgIpc) is 2.38. The van der Waals surface area contributed by atoms with E-state index in [0.29, 0.717) is 31.6 Å². The second-order valence-corrected chi connectivity index (χ2v) is 6.35. The molecule has 2 rings (SSSR count). The van der Waals surface area contributed by atoms with Crippen molar-refractivity contribution >= 4 is 15.7 Å². The zero-order chi connectivity index (χ0) is 15.6. The Bertz CT molecular complexity index is 652. The highest BCUT2D eigenvalue weighted by atomic mass is 32.2. The van der Waals surface area contributed by atoms with E-state index in [0.717, 1.165) is 6.07 Å². The molecule has 0 aromatic heterocycles. The molecule has 0 unspecified atom stereocenters. The quantitative estimate of drug-likeness (QED) is 0.656. The summed E-state index contributed by atoms with van der Waals surface area (Å²) in [6, 6.07) is 2.28. The van der Waals surface area contributed by atoms with E-state index in [-0.39, 0.29) is 16.7 Å². The van der Waals surface area contributed by atoms with E-state index in [1.165, 1.54) is 13.0 Å². The van der Waals surface area contributed by atoms with Crippen molar-refractivity contribution in [3.63, 3.8) is 0 Å². The first-order chi connectivity index (χ1) is 9.79. The van der Waals surface area contributed by atoms with Gasteiger partial charge in [-0.1, -0.05) is 0 Å². The molecule has 0 saturated carbocycles. The van der Waals surface area contributed by atoms with Crippen LogP contribution in [0.5, 0.6) is 5.75 Å². The minimum Gasteiger partial charge on any atom is -0.483 e. The Morgan fingerprint density at radius 1 is 1.38 bits per heavy atom. The van der Waals surface area contributed by atoms with E-state index < -0.39 is 20.6 Å². The van der Waals surface area contributed by atoms with E-state index in [9.17, 15) is 18.5 Å². The maximum Gasteiger partial charge on any atom is 0.312 e. The first-order valence-corrected chi connectivity index (χ1v) is 7.90. The number of nitrogens with zero attached hydrogens (tertiary/aromatic N) is 1. The topological polar surface area (TPSA) is 122 Å². The maximum absolute atomic E-state index is 11.4. The summed E-state index contributed by atoms with van der Waals surface area (Å²) < 4.78 is 33.7. The van der Waals surface area contributed by atoms with Crippen LogP contribution in [0.2, 0.25) is 0 Å². The van der Waals surface area contributed by atoms with Gasteiger partial charge < -0.3 is 9.47 Å². The molecule has 0 atom stereocenters. The lowest BCUT2D eigenvalue weighted by molar-refractivity contribution is -0.386. The number of benzene rings is 1. The van der Waals surface area contributed by atoms with Gasteiger partial charge in [-0.25, -0.2) is 13.6 Å². The summed E-state index contributed by atoms with van der Waals surface area (Å²) in [6.07, 6.45) is 1.08. The molecule has 1 aromatic rings. The van der Waals surface area contributed by atoms with Crippen LogP contribution in [0.3, 0.4) is 0 Å². The molecule has 9 heteroatoms. The van der Waals surface area contributed by atoms with Crippen LogP contribution in [0, 0.1) is 17.0 Å². The van der Waals surface area contributed by atoms with E-state index in [1.807, 2.05) is 0 Å². The summed E-state index contributed by atoms with van der Waals surface area (Å²) >= 11 is 0. The third-order valence-electron chi connectivity index (χ3n) is 3.22. The van der Waals surface area contributed by atoms with Gasteiger partial charge in [0.05, 0.1) is 23.0 Å². The number of nitrogens with two attached hydrogens (primary N) is 1. The molecular weight excluding hydrogens is 300 g/mol. The van der Waals surface area contributed by atoms with Crippen LogP contribution in [-0.2, 0) is 14.8 Å². The first kappa shape index (κ1) is 15.7. The molecule has 0 amide bonds. The Labute approximate surface area is 122 Å². The molecule has 1 aliphatic rings. The Morgan fingerprint density at radius 3 is 2.52 bits per heavy atom. The van der Waals surface area contributed by atoms with Gasteiger partial charge in [0, 0.05) is 18.9 Å². The molecule has 1 aromatic carbocycles. The molecule has 116 valence electrons. The Morgan fingerprint density at radius 2 is 2.00 bits per heavy atom. The van der Waals surface area contributed by atoms with Crippen molar-refractivity contribution in [2.75, 3.05) is 13.2 Å². The Balaban J connectivity index is 2.40. The number of hydrogen-bond acceptors (Lipinski definition) is 6. The van der Waals surface area contributed by atoms with Crippen molar-refractivity contribution in [1.29, 1.82) is 0 Å². The molecule has 1 heterocycles. The minimum atomic E-state index is -4.02. The number of nitro groups is 1. The molecule has 1 saturated heterocycles. The normalized spacial score (nSPS) is 16.7. The predicted molar refractivity (Wildman–Crippen MR) is 73.7 cm³/mol. The molecule has 0 spiro atoms.